The fourth-order valence-corrected chi connectivity index (χ4v) is 2.18. The van der Waals surface area contributed by atoms with E-state index in [0.717, 1.165) is 30.9 Å². The zero-order valence-corrected chi connectivity index (χ0v) is 17.5. The van der Waals surface area contributed by atoms with Gasteiger partial charge in [-0.3, -0.25) is 4.99 Å². The van der Waals surface area contributed by atoms with Gasteiger partial charge < -0.3 is 15.0 Å². The monoisotopic (exact) mass is 485 g/mol. The van der Waals surface area contributed by atoms with Crippen LogP contribution in [0.15, 0.2) is 41.9 Å². The molecular weight excluding hydrogens is 458 g/mol. The largest absolute Gasteiger partial charge is 0.411 e. The molecule has 1 aromatic carbocycles. The van der Waals surface area contributed by atoms with Crippen LogP contribution in [0.25, 0.3) is 0 Å². The molecule has 1 N–H and O–H groups in total. The molecule has 0 spiro atoms. The van der Waals surface area contributed by atoms with E-state index in [1.807, 2.05) is 30.2 Å². The Morgan fingerprint density at radius 2 is 1.88 bits per heavy atom. The second-order valence-corrected chi connectivity index (χ2v) is 5.68. The van der Waals surface area contributed by atoms with Gasteiger partial charge in [-0.05, 0) is 24.0 Å². The van der Waals surface area contributed by atoms with Crippen LogP contribution in [0.2, 0.25) is 0 Å². The Labute approximate surface area is 170 Å². The van der Waals surface area contributed by atoms with Crippen molar-refractivity contribution in [3.63, 3.8) is 0 Å². The number of benzene rings is 1. The van der Waals surface area contributed by atoms with Crippen molar-refractivity contribution < 1.29 is 17.9 Å². The van der Waals surface area contributed by atoms with Gasteiger partial charge in [0.1, 0.15) is 6.61 Å². The minimum atomic E-state index is -4.29. The van der Waals surface area contributed by atoms with Crippen molar-refractivity contribution in [2.45, 2.75) is 32.2 Å². The van der Waals surface area contributed by atoms with Crippen molar-refractivity contribution >= 4 is 29.9 Å². The summed E-state index contributed by atoms with van der Waals surface area (Å²) < 4.78 is 40.8. The van der Waals surface area contributed by atoms with Crippen LogP contribution in [0.3, 0.4) is 0 Å². The number of ether oxygens (including phenoxy) is 1. The first-order valence-corrected chi connectivity index (χ1v) is 8.10. The van der Waals surface area contributed by atoms with E-state index in [4.69, 9.17) is 0 Å². The van der Waals surface area contributed by atoms with Gasteiger partial charge in [-0.25, -0.2) is 0 Å². The Hall–Kier alpha value is -1.29. The number of nitrogens with zero attached hydrogens (tertiary/aromatic N) is 2. The van der Waals surface area contributed by atoms with Crippen molar-refractivity contribution in [1.82, 2.24) is 10.2 Å². The number of aliphatic imine (C=N–C) groups is 1. The maximum Gasteiger partial charge on any atom is 0.411 e. The lowest BCUT2D eigenvalue weighted by atomic mass is 10.1. The number of hydrogen-bond acceptors (Lipinski definition) is 2. The standard InChI is InChI=1S/C18H26F3N3O.HI/c1-4-5-6-11-24(3)17(22-2)23-12-15-7-9-16(10-8-15)13-25-14-18(19,20)21;/h4,7-10H,1,5-6,11-14H2,2-3H3,(H,22,23);1H. The first-order chi connectivity index (χ1) is 11.9. The maximum absolute atomic E-state index is 12.0. The van der Waals surface area contributed by atoms with Gasteiger partial charge in [-0.2, -0.15) is 13.2 Å². The number of hydrogen-bond donors (Lipinski definition) is 1. The minimum absolute atomic E-state index is 0. The molecular formula is C18H27F3IN3O. The molecule has 1 aromatic rings. The third kappa shape index (κ3) is 10.6. The van der Waals surface area contributed by atoms with Crippen molar-refractivity contribution in [3.8, 4) is 0 Å². The van der Waals surface area contributed by atoms with E-state index in [1.54, 1.807) is 19.2 Å². The van der Waals surface area contributed by atoms with Crippen molar-refractivity contribution in [1.29, 1.82) is 0 Å². The van der Waals surface area contributed by atoms with Crippen molar-refractivity contribution in [2.75, 3.05) is 27.2 Å². The molecule has 0 bridgehead atoms. The van der Waals surface area contributed by atoms with Crippen LogP contribution in [0, 0.1) is 0 Å². The summed E-state index contributed by atoms with van der Waals surface area (Å²) in [5.74, 6) is 0.793. The number of alkyl halides is 3. The highest BCUT2D eigenvalue weighted by atomic mass is 127. The summed E-state index contributed by atoms with van der Waals surface area (Å²) in [6.07, 6.45) is -0.437. The Bertz CT molecular complexity index is 548. The highest BCUT2D eigenvalue weighted by molar-refractivity contribution is 14.0. The topological polar surface area (TPSA) is 36.9 Å². The van der Waals surface area contributed by atoms with E-state index in [0.29, 0.717) is 12.1 Å². The van der Waals surface area contributed by atoms with Gasteiger partial charge >= 0.3 is 6.18 Å². The molecule has 1 rings (SSSR count). The SMILES string of the molecule is C=CCCCN(C)C(=NC)NCc1ccc(COCC(F)(F)F)cc1.I. The summed E-state index contributed by atoms with van der Waals surface area (Å²) in [6.45, 7) is 3.88. The molecule has 8 heteroatoms. The molecule has 0 radical (unpaired) electrons. The van der Waals surface area contributed by atoms with Crippen LogP contribution in [-0.2, 0) is 17.9 Å². The Morgan fingerprint density at radius 3 is 2.42 bits per heavy atom. The fraction of sp³-hybridized carbons (Fsp3) is 0.500. The molecule has 0 aromatic heterocycles. The average Bonchev–Trinajstić information content (AvgIpc) is 2.56. The molecule has 0 aliphatic carbocycles. The molecule has 4 nitrogen and oxygen atoms in total. The van der Waals surface area contributed by atoms with Crippen LogP contribution >= 0.6 is 24.0 Å². The second-order valence-electron chi connectivity index (χ2n) is 5.68. The number of unbranched alkanes of at least 4 members (excludes halogenated alkanes) is 1. The van der Waals surface area contributed by atoms with Crippen LogP contribution in [-0.4, -0.2) is 44.3 Å². The van der Waals surface area contributed by atoms with Crippen molar-refractivity contribution in [3.05, 3.63) is 48.0 Å². The first-order valence-electron chi connectivity index (χ1n) is 8.10. The summed E-state index contributed by atoms with van der Waals surface area (Å²) >= 11 is 0. The summed E-state index contributed by atoms with van der Waals surface area (Å²) in [5.41, 5.74) is 1.72. The Kier molecular flexibility index (Phi) is 12.3. The van der Waals surface area contributed by atoms with Crippen molar-refractivity contribution in [2.24, 2.45) is 4.99 Å². The maximum atomic E-state index is 12.0. The Balaban J connectivity index is 0.00000625. The molecule has 0 saturated heterocycles. The number of guanidine groups is 1. The van der Waals surface area contributed by atoms with Gasteiger partial charge in [0.2, 0.25) is 0 Å². The number of allylic oxidation sites excluding steroid dienone is 1. The second kappa shape index (κ2) is 13.0. The third-order valence-corrected chi connectivity index (χ3v) is 3.48. The van der Waals surface area contributed by atoms with Gasteiger partial charge in [-0.15, -0.1) is 30.6 Å². The lowest BCUT2D eigenvalue weighted by molar-refractivity contribution is -0.176. The molecule has 0 amide bonds. The third-order valence-electron chi connectivity index (χ3n) is 3.48. The zero-order chi connectivity index (χ0) is 18.7. The normalized spacial score (nSPS) is 11.7. The van der Waals surface area contributed by atoms with E-state index in [1.165, 1.54) is 0 Å². The van der Waals surface area contributed by atoms with Gasteiger partial charge in [0.05, 0.1) is 6.61 Å². The predicted octanol–water partition coefficient (Wildman–Crippen LogP) is 4.36. The molecule has 0 fully saturated rings. The molecule has 0 saturated carbocycles. The smallest absolute Gasteiger partial charge is 0.367 e. The highest BCUT2D eigenvalue weighted by Gasteiger charge is 2.27. The molecule has 148 valence electrons. The molecule has 0 aliphatic heterocycles. The summed E-state index contributed by atoms with van der Waals surface area (Å²) in [4.78, 5) is 6.29. The predicted molar refractivity (Wildman–Crippen MR) is 110 cm³/mol. The molecule has 0 heterocycles. The average molecular weight is 485 g/mol. The van der Waals surface area contributed by atoms with E-state index >= 15 is 0 Å². The zero-order valence-electron chi connectivity index (χ0n) is 15.2. The van der Waals surface area contributed by atoms with Crippen LogP contribution in [0.4, 0.5) is 13.2 Å². The van der Waals surface area contributed by atoms with E-state index in [9.17, 15) is 13.2 Å². The molecule has 0 unspecified atom stereocenters. The minimum Gasteiger partial charge on any atom is -0.367 e. The number of halogens is 4. The number of nitrogens with one attached hydrogen (secondary N) is 1. The van der Waals surface area contributed by atoms with Crippen LogP contribution in [0.1, 0.15) is 24.0 Å². The summed E-state index contributed by atoms with van der Waals surface area (Å²) in [7, 11) is 3.70. The van der Waals surface area contributed by atoms with E-state index < -0.39 is 12.8 Å². The van der Waals surface area contributed by atoms with Gasteiger partial charge in [0.25, 0.3) is 0 Å². The van der Waals surface area contributed by atoms with Crippen LogP contribution < -0.4 is 5.32 Å². The van der Waals surface area contributed by atoms with Gasteiger partial charge in [0, 0.05) is 27.2 Å². The quantitative estimate of drug-likeness (QED) is 0.186. The van der Waals surface area contributed by atoms with Gasteiger partial charge in [0.15, 0.2) is 5.96 Å². The molecule has 0 aliphatic rings. The van der Waals surface area contributed by atoms with Gasteiger partial charge in [-0.1, -0.05) is 30.3 Å². The summed E-state index contributed by atoms with van der Waals surface area (Å²) in [6, 6.07) is 7.27. The van der Waals surface area contributed by atoms with E-state index in [-0.39, 0.29) is 30.6 Å². The summed E-state index contributed by atoms with van der Waals surface area (Å²) in [5, 5.41) is 3.27. The molecule has 0 atom stereocenters. The first kappa shape index (κ1) is 24.7. The molecule has 26 heavy (non-hydrogen) atoms. The number of rotatable bonds is 9. The lowest BCUT2D eigenvalue weighted by Gasteiger charge is -2.22. The van der Waals surface area contributed by atoms with Crippen LogP contribution in [0.5, 0.6) is 0 Å². The van der Waals surface area contributed by atoms with E-state index in [2.05, 4.69) is 21.6 Å². The highest BCUT2D eigenvalue weighted by Crippen LogP contribution is 2.15. The Morgan fingerprint density at radius 1 is 1.27 bits per heavy atom. The fourth-order valence-electron chi connectivity index (χ4n) is 2.18. The lowest BCUT2D eigenvalue weighted by Crippen LogP contribution is -2.38.